The maximum atomic E-state index is 13.5. The van der Waals surface area contributed by atoms with Crippen molar-refractivity contribution in [2.45, 2.75) is 38.3 Å². The third-order valence-corrected chi connectivity index (χ3v) is 4.57. The molecule has 1 aliphatic heterocycles. The Morgan fingerprint density at radius 3 is 2.86 bits per heavy atom. The highest BCUT2D eigenvalue weighted by Gasteiger charge is 2.31. The van der Waals surface area contributed by atoms with Gasteiger partial charge in [-0.15, -0.1) is 0 Å². The first-order chi connectivity index (χ1) is 10.3. The van der Waals surface area contributed by atoms with E-state index in [-0.39, 0.29) is 5.82 Å². The Labute approximate surface area is 126 Å². The molecule has 0 aromatic heterocycles. The van der Waals surface area contributed by atoms with Gasteiger partial charge in [-0.2, -0.15) is 0 Å². The fraction of sp³-hybridized carbons (Fsp3) is 0.647. The van der Waals surface area contributed by atoms with Gasteiger partial charge < -0.3 is 10.1 Å². The molecule has 1 aromatic carbocycles. The van der Waals surface area contributed by atoms with Crippen molar-refractivity contribution in [2.75, 3.05) is 26.7 Å². The number of halogens is 1. The molecule has 3 rings (SSSR count). The molecule has 4 heteroatoms. The fourth-order valence-electron chi connectivity index (χ4n) is 3.28. The molecular formula is C17H25FN2O. The number of nitrogens with one attached hydrogen (secondary N) is 1. The Kier molecular flexibility index (Phi) is 4.76. The van der Waals surface area contributed by atoms with Crippen LogP contribution in [0.15, 0.2) is 18.2 Å². The van der Waals surface area contributed by atoms with Crippen LogP contribution in [0.5, 0.6) is 5.75 Å². The molecule has 0 bridgehead atoms. The lowest BCUT2D eigenvalue weighted by Crippen LogP contribution is -2.39. The molecule has 1 aliphatic carbocycles. The Morgan fingerprint density at radius 2 is 2.19 bits per heavy atom. The predicted octanol–water partition coefficient (Wildman–Crippen LogP) is 2.80. The van der Waals surface area contributed by atoms with Crippen molar-refractivity contribution in [2.24, 2.45) is 5.92 Å². The number of hydrogen-bond acceptors (Lipinski definition) is 3. The molecule has 0 radical (unpaired) electrons. The van der Waals surface area contributed by atoms with Crippen LogP contribution in [-0.2, 0) is 6.54 Å². The molecule has 0 amide bonds. The van der Waals surface area contributed by atoms with E-state index in [9.17, 15) is 4.39 Å². The molecule has 3 nitrogen and oxygen atoms in total. The first-order valence-corrected chi connectivity index (χ1v) is 8.03. The molecular weight excluding hydrogens is 267 g/mol. The Bertz CT molecular complexity index is 470. The van der Waals surface area contributed by atoms with Crippen LogP contribution in [0, 0.1) is 11.7 Å². The first-order valence-electron chi connectivity index (χ1n) is 8.03. The molecule has 1 saturated heterocycles. The summed E-state index contributed by atoms with van der Waals surface area (Å²) in [7, 11) is 1.66. The lowest BCUT2D eigenvalue weighted by atomic mass is 9.98. The van der Waals surface area contributed by atoms with E-state index in [0.29, 0.717) is 6.04 Å². The summed E-state index contributed by atoms with van der Waals surface area (Å²) in [6.45, 7) is 4.17. The number of piperidine rings is 1. The minimum atomic E-state index is -0.180. The Balaban J connectivity index is 1.68. The van der Waals surface area contributed by atoms with E-state index >= 15 is 0 Å². The number of nitrogens with zero attached hydrogens (tertiary/aromatic N) is 1. The van der Waals surface area contributed by atoms with Crippen LogP contribution in [0.3, 0.4) is 0 Å². The second-order valence-corrected chi connectivity index (χ2v) is 6.33. The van der Waals surface area contributed by atoms with E-state index in [4.69, 9.17) is 4.74 Å². The average molecular weight is 292 g/mol. The van der Waals surface area contributed by atoms with Gasteiger partial charge in [-0.1, -0.05) is 0 Å². The van der Waals surface area contributed by atoms with Crippen molar-refractivity contribution in [1.29, 1.82) is 0 Å². The SMILES string of the molecule is COc1ccc(F)cc1CN(CC1CCCNC1)C1CC1. The summed E-state index contributed by atoms with van der Waals surface area (Å²) in [5.41, 5.74) is 0.966. The maximum Gasteiger partial charge on any atom is 0.123 e. The second-order valence-electron chi connectivity index (χ2n) is 6.33. The highest BCUT2D eigenvalue weighted by molar-refractivity contribution is 5.34. The van der Waals surface area contributed by atoms with E-state index < -0.39 is 0 Å². The van der Waals surface area contributed by atoms with E-state index in [1.165, 1.54) is 31.7 Å². The van der Waals surface area contributed by atoms with Gasteiger partial charge in [-0.25, -0.2) is 4.39 Å². The van der Waals surface area contributed by atoms with Gasteiger partial charge in [0.25, 0.3) is 0 Å². The Morgan fingerprint density at radius 1 is 1.33 bits per heavy atom. The van der Waals surface area contributed by atoms with E-state index in [1.54, 1.807) is 19.2 Å². The van der Waals surface area contributed by atoms with Gasteiger partial charge in [0.2, 0.25) is 0 Å². The first kappa shape index (κ1) is 14.8. The summed E-state index contributed by atoms with van der Waals surface area (Å²) in [6.07, 6.45) is 5.12. The van der Waals surface area contributed by atoms with Crippen molar-refractivity contribution >= 4 is 0 Å². The molecule has 1 saturated carbocycles. The van der Waals surface area contributed by atoms with E-state index in [0.717, 1.165) is 43.4 Å². The van der Waals surface area contributed by atoms with Crippen LogP contribution in [0.4, 0.5) is 4.39 Å². The number of methoxy groups -OCH3 is 1. The molecule has 1 atom stereocenters. The highest BCUT2D eigenvalue weighted by Crippen LogP contribution is 2.32. The molecule has 1 heterocycles. The zero-order valence-corrected chi connectivity index (χ0v) is 12.8. The molecule has 1 aromatic rings. The minimum absolute atomic E-state index is 0.180. The molecule has 0 spiro atoms. The fourth-order valence-corrected chi connectivity index (χ4v) is 3.28. The van der Waals surface area contributed by atoms with Crippen LogP contribution in [-0.4, -0.2) is 37.7 Å². The summed E-state index contributed by atoms with van der Waals surface area (Å²) < 4.78 is 18.9. The van der Waals surface area contributed by atoms with Crippen LogP contribution < -0.4 is 10.1 Å². The van der Waals surface area contributed by atoms with E-state index in [2.05, 4.69) is 10.2 Å². The zero-order chi connectivity index (χ0) is 14.7. The number of rotatable bonds is 6. The van der Waals surface area contributed by atoms with Crippen LogP contribution in [0.1, 0.15) is 31.2 Å². The smallest absolute Gasteiger partial charge is 0.123 e. The van der Waals surface area contributed by atoms with Gasteiger partial charge in [0.15, 0.2) is 0 Å². The normalized spacial score (nSPS) is 22.5. The van der Waals surface area contributed by atoms with Gasteiger partial charge in [0, 0.05) is 24.7 Å². The van der Waals surface area contributed by atoms with Gasteiger partial charge in [-0.05, 0) is 62.9 Å². The van der Waals surface area contributed by atoms with Crippen LogP contribution in [0.2, 0.25) is 0 Å². The third-order valence-electron chi connectivity index (χ3n) is 4.57. The molecule has 2 fully saturated rings. The number of benzene rings is 1. The van der Waals surface area contributed by atoms with Gasteiger partial charge in [0.1, 0.15) is 11.6 Å². The number of hydrogen-bond donors (Lipinski definition) is 1. The monoisotopic (exact) mass is 292 g/mol. The summed E-state index contributed by atoms with van der Waals surface area (Å²) in [5, 5.41) is 3.48. The summed E-state index contributed by atoms with van der Waals surface area (Å²) >= 11 is 0. The van der Waals surface area contributed by atoms with Crippen molar-refractivity contribution in [1.82, 2.24) is 10.2 Å². The standard InChI is InChI=1S/C17H25FN2O/c1-21-17-7-4-15(18)9-14(17)12-20(16-5-6-16)11-13-3-2-8-19-10-13/h4,7,9,13,16,19H,2-3,5-6,8,10-12H2,1H3. The van der Waals surface area contributed by atoms with E-state index in [1.807, 2.05) is 0 Å². The molecule has 116 valence electrons. The lowest BCUT2D eigenvalue weighted by Gasteiger charge is -2.30. The van der Waals surface area contributed by atoms with Gasteiger partial charge >= 0.3 is 0 Å². The summed E-state index contributed by atoms with van der Waals surface area (Å²) in [5.74, 6) is 1.34. The van der Waals surface area contributed by atoms with Crippen LogP contribution in [0.25, 0.3) is 0 Å². The molecule has 21 heavy (non-hydrogen) atoms. The van der Waals surface area contributed by atoms with Crippen molar-refractivity contribution in [3.8, 4) is 5.75 Å². The summed E-state index contributed by atoms with van der Waals surface area (Å²) in [4.78, 5) is 2.52. The molecule has 1 unspecified atom stereocenters. The van der Waals surface area contributed by atoms with Crippen LogP contribution >= 0.6 is 0 Å². The topological polar surface area (TPSA) is 24.5 Å². The quantitative estimate of drug-likeness (QED) is 0.872. The van der Waals surface area contributed by atoms with Gasteiger partial charge in [-0.3, -0.25) is 4.90 Å². The summed E-state index contributed by atoms with van der Waals surface area (Å²) in [6, 6.07) is 5.50. The largest absolute Gasteiger partial charge is 0.496 e. The molecule has 1 N–H and O–H groups in total. The highest BCUT2D eigenvalue weighted by atomic mass is 19.1. The zero-order valence-electron chi connectivity index (χ0n) is 12.8. The van der Waals surface area contributed by atoms with Crippen molar-refractivity contribution < 1.29 is 9.13 Å². The molecule has 2 aliphatic rings. The predicted molar refractivity (Wildman–Crippen MR) is 82.0 cm³/mol. The second kappa shape index (κ2) is 6.75. The third kappa shape index (κ3) is 3.95. The minimum Gasteiger partial charge on any atom is -0.496 e. The maximum absolute atomic E-state index is 13.5. The lowest BCUT2D eigenvalue weighted by molar-refractivity contribution is 0.190. The van der Waals surface area contributed by atoms with Crippen molar-refractivity contribution in [3.05, 3.63) is 29.6 Å². The van der Waals surface area contributed by atoms with Crippen molar-refractivity contribution in [3.63, 3.8) is 0 Å². The average Bonchev–Trinajstić information content (AvgIpc) is 3.33. The number of ether oxygens (including phenoxy) is 1. The Hall–Kier alpha value is -1.13. The van der Waals surface area contributed by atoms with Gasteiger partial charge in [0.05, 0.1) is 7.11 Å².